The fraction of sp³-hybridized carbons (Fsp3) is 0.300. The first kappa shape index (κ1) is 19.5. The molecule has 0 atom stereocenters. The molecule has 1 heterocycles. The van der Waals surface area contributed by atoms with Crippen LogP contribution in [0.2, 0.25) is 0 Å². The third kappa shape index (κ3) is 4.70. The number of nitrogens with one attached hydrogen (secondary N) is 1. The number of hydrogen-bond acceptors (Lipinski definition) is 5. The summed E-state index contributed by atoms with van der Waals surface area (Å²) >= 11 is 0. The number of carbonyl (C=O) groups excluding carboxylic acids is 1. The number of tetrazole rings is 1. The van der Waals surface area contributed by atoms with Gasteiger partial charge in [-0.05, 0) is 66.2 Å². The van der Waals surface area contributed by atoms with Crippen molar-refractivity contribution in [2.75, 3.05) is 11.9 Å². The number of rotatable bonds is 8. The highest BCUT2D eigenvalue weighted by atomic mass is 19.1. The molecule has 1 amide bonds. The summed E-state index contributed by atoms with van der Waals surface area (Å²) in [5.41, 5.74) is 1.08. The van der Waals surface area contributed by atoms with Gasteiger partial charge in [-0.15, -0.1) is 5.10 Å². The molecule has 0 aliphatic carbocycles. The van der Waals surface area contributed by atoms with E-state index in [4.69, 9.17) is 4.74 Å². The van der Waals surface area contributed by atoms with E-state index in [0.717, 1.165) is 25.0 Å². The molecule has 0 bridgehead atoms. The molecule has 0 radical (unpaired) electrons. The second-order valence-corrected chi connectivity index (χ2v) is 6.34. The molecule has 0 fully saturated rings. The number of benzene rings is 2. The zero-order chi connectivity index (χ0) is 19.9. The number of anilines is 1. The van der Waals surface area contributed by atoms with Crippen LogP contribution in [0.25, 0.3) is 5.69 Å². The van der Waals surface area contributed by atoms with E-state index in [1.54, 1.807) is 31.2 Å². The number of amides is 1. The van der Waals surface area contributed by atoms with E-state index in [0.29, 0.717) is 23.7 Å². The molecule has 0 aliphatic rings. The Bertz CT molecular complexity index is 940. The number of aromatic nitrogens is 4. The molecule has 0 spiro atoms. The van der Waals surface area contributed by atoms with Crippen molar-refractivity contribution in [3.63, 3.8) is 0 Å². The van der Waals surface area contributed by atoms with Crippen molar-refractivity contribution in [3.05, 3.63) is 59.7 Å². The fourth-order valence-corrected chi connectivity index (χ4v) is 2.65. The quantitative estimate of drug-likeness (QED) is 0.596. The van der Waals surface area contributed by atoms with E-state index in [1.807, 2.05) is 0 Å². The zero-order valence-electron chi connectivity index (χ0n) is 15.9. The van der Waals surface area contributed by atoms with Crippen LogP contribution in [0.1, 0.15) is 42.4 Å². The monoisotopic (exact) mass is 383 g/mol. The van der Waals surface area contributed by atoms with Gasteiger partial charge in [-0.1, -0.05) is 19.8 Å². The number of halogens is 1. The van der Waals surface area contributed by atoms with Gasteiger partial charge in [-0.25, -0.2) is 4.39 Å². The Morgan fingerprint density at radius 3 is 2.64 bits per heavy atom. The Morgan fingerprint density at radius 2 is 1.96 bits per heavy atom. The second-order valence-electron chi connectivity index (χ2n) is 6.34. The summed E-state index contributed by atoms with van der Waals surface area (Å²) in [5, 5.41) is 13.8. The maximum atomic E-state index is 14.1. The van der Waals surface area contributed by atoms with Crippen molar-refractivity contribution in [2.24, 2.45) is 0 Å². The van der Waals surface area contributed by atoms with Crippen LogP contribution in [0.15, 0.2) is 42.5 Å². The van der Waals surface area contributed by atoms with Crippen LogP contribution >= 0.6 is 0 Å². The average molecular weight is 383 g/mol. The van der Waals surface area contributed by atoms with E-state index in [9.17, 15) is 9.18 Å². The molecule has 0 saturated heterocycles. The fourth-order valence-electron chi connectivity index (χ4n) is 2.65. The lowest BCUT2D eigenvalue weighted by atomic mass is 10.2. The lowest BCUT2D eigenvalue weighted by Gasteiger charge is -2.10. The summed E-state index contributed by atoms with van der Waals surface area (Å²) in [6.45, 7) is 4.46. The highest BCUT2D eigenvalue weighted by Gasteiger charge is 2.12. The van der Waals surface area contributed by atoms with Crippen molar-refractivity contribution in [1.82, 2.24) is 20.2 Å². The van der Waals surface area contributed by atoms with E-state index in [1.165, 1.54) is 22.9 Å². The predicted octanol–water partition coefficient (Wildman–Crippen LogP) is 3.93. The van der Waals surface area contributed by atoms with Gasteiger partial charge in [0.1, 0.15) is 17.3 Å². The summed E-state index contributed by atoms with van der Waals surface area (Å²) in [6.07, 6.45) is 3.28. The molecule has 8 heteroatoms. The number of ether oxygens (including phenoxy) is 1. The maximum Gasteiger partial charge on any atom is 0.255 e. The Kier molecular flexibility index (Phi) is 6.31. The molecule has 146 valence electrons. The first-order valence-corrected chi connectivity index (χ1v) is 9.17. The average Bonchev–Trinajstić information content (AvgIpc) is 3.13. The minimum Gasteiger partial charge on any atom is -0.494 e. The maximum absolute atomic E-state index is 14.1. The topological polar surface area (TPSA) is 81.9 Å². The first-order chi connectivity index (χ1) is 13.6. The number of hydrogen-bond donors (Lipinski definition) is 1. The minimum absolute atomic E-state index is 0.163. The molecule has 28 heavy (non-hydrogen) atoms. The zero-order valence-corrected chi connectivity index (χ0v) is 15.9. The van der Waals surface area contributed by atoms with Gasteiger partial charge in [0.2, 0.25) is 0 Å². The molecular weight excluding hydrogens is 361 g/mol. The Balaban J connectivity index is 1.67. The van der Waals surface area contributed by atoms with Gasteiger partial charge >= 0.3 is 0 Å². The molecule has 0 aliphatic heterocycles. The van der Waals surface area contributed by atoms with Gasteiger partial charge in [0, 0.05) is 11.3 Å². The van der Waals surface area contributed by atoms with E-state index in [-0.39, 0.29) is 11.6 Å². The number of carbonyl (C=O) groups is 1. The van der Waals surface area contributed by atoms with Crippen LogP contribution in [0.3, 0.4) is 0 Å². The summed E-state index contributed by atoms with van der Waals surface area (Å²) in [7, 11) is 0. The molecule has 1 aromatic heterocycles. The van der Waals surface area contributed by atoms with Gasteiger partial charge in [0.15, 0.2) is 5.82 Å². The molecular formula is C20H22FN5O2. The van der Waals surface area contributed by atoms with Crippen molar-refractivity contribution in [3.8, 4) is 11.4 Å². The molecule has 0 unspecified atom stereocenters. The molecule has 0 saturated carbocycles. The SMILES string of the molecule is CCCCCOc1ccc(C(=O)Nc2ccc(F)c(-n3nnnc3C)c2)cc1. The van der Waals surface area contributed by atoms with Gasteiger partial charge in [-0.3, -0.25) is 4.79 Å². The van der Waals surface area contributed by atoms with E-state index < -0.39 is 5.82 Å². The van der Waals surface area contributed by atoms with Crippen LogP contribution in [0.5, 0.6) is 5.75 Å². The standard InChI is InChI=1S/C20H22FN5O2/c1-3-4-5-12-28-17-9-6-15(7-10-17)20(27)22-16-8-11-18(21)19(13-16)26-14(2)23-24-25-26/h6-11,13H,3-5,12H2,1-2H3,(H,22,27). The predicted molar refractivity (Wildman–Crippen MR) is 103 cm³/mol. The van der Waals surface area contributed by atoms with E-state index in [2.05, 4.69) is 27.8 Å². The van der Waals surface area contributed by atoms with Crippen LogP contribution in [-0.2, 0) is 0 Å². The summed E-state index contributed by atoms with van der Waals surface area (Å²) in [5.74, 6) is 0.379. The smallest absolute Gasteiger partial charge is 0.255 e. The Hall–Kier alpha value is -3.29. The second kappa shape index (κ2) is 9.07. The van der Waals surface area contributed by atoms with Gasteiger partial charge in [0.25, 0.3) is 5.91 Å². The van der Waals surface area contributed by atoms with Gasteiger partial charge < -0.3 is 10.1 Å². The normalized spacial score (nSPS) is 10.7. The summed E-state index contributed by atoms with van der Waals surface area (Å²) in [6, 6.07) is 11.2. The first-order valence-electron chi connectivity index (χ1n) is 9.17. The molecule has 3 rings (SSSR count). The molecule has 2 aromatic carbocycles. The highest BCUT2D eigenvalue weighted by Crippen LogP contribution is 2.20. The van der Waals surface area contributed by atoms with Gasteiger partial charge in [0.05, 0.1) is 6.61 Å². The Labute approximate surface area is 162 Å². The van der Waals surface area contributed by atoms with Crippen LogP contribution in [0, 0.1) is 12.7 Å². The van der Waals surface area contributed by atoms with Crippen LogP contribution < -0.4 is 10.1 Å². The number of aryl methyl sites for hydroxylation is 1. The molecule has 7 nitrogen and oxygen atoms in total. The third-order valence-corrected chi connectivity index (χ3v) is 4.19. The van der Waals surface area contributed by atoms with Crippen molar-refractivity contribution < 1.29 is 13.9 Å². The van der Waals surface area contributed by atoms with Crippen molar-refractivity contribution in [1.29, 1.82) is 0 Å². The number of nitrogens with zero attached hydrogens (tertiary/aromatic N) is 4. The minimum atomic E-state index is -0.488. The van der Waals surface area contributed by atoms with Crippen LogP contribution in [-0.4, -0.2) is 32.7 Å². The van der Waals surface area contributed by atoms with Gasteiger partial charge in [-0.2, -0.15) is 4.68 Å². The summed E-state index contributed by atoms with van der Waals surface area (Å²) in [4.78, 5) is 12.5. The van der Waals surface area contributed by atoms with Crippen molar-refractivity contribution >= 4 is 11.6 Å². The highest BCUT2D eigenvalue weighted by molar-refractivity contribution is 6.04. The lowest BCUT2D eigenvalue weighted by Crippen LogP contribution is -2.13. The third-order valence-electron chi connectivity index (χ3n) is 4.19. The molecule has 1 N–H and O–H groups in total. The molecule has 3 aromatic rings. The summed E-state index contributed by atoms with van der Waals surface area (Å²) < 4.78 is 21.0. The largest absolute Gasteiger partial charge is 0.494 e. The van der Waals surface area contributed by atoms with Crippen LogP contribution in [0.4, 0.5) is 10.1 Å². The van der Waals surface area contributed by atoms with Crippen molar-refractivity contribution in [2.45, 2.75) is 33.1 Å². The lowest BCUT2D eigenvalue weighted by molar-refractivity contribution is 0.102. The Morgan fingerprint density at radius 1 is 1.18 bits per heavy atom. The number of unbranched alkanes of at least 4 members (excludes halogenated alkanes) is 2. The van der Waals surface area contributed by atoms with E-state index >= 15 is 0 Å².